The minimum Gasteiger partial charge on any atom is -0.391 e. The molecule has 1 fully saturated rings. The fourth-order valence-electron chi connectivity index (χ4n) is 3.78. The number of nitrogens with zero attached hydrogens (tertiary/aromatic N) is 1. The van der Waals surface area contributed by atoms with Crippen LogP contribution in [-0.2, 0) is 6.42 Å². The quantitative estimate of drug-likeness (QED) is 0.857. The summed E-state index contributed by atoms with van der Waals surface area (Å²) in [6.07, 6.45) is 4.36. The summed E-state index contributed by atoms with van der Waals surface area (Å²) < 4.78 is 13.6. The molecule has 0 radical (unpaired) electrons. The van der Waals surface area contributed by atoms with Crippen molar-refractivity contribution in [2.24, 2.45) is 0 Å². The van der Waals surface area contributed by atoms with Crippen LogP contribution in [0.4, 0.5) is 4.39 Å². The van der Waals surface area contributed by atoms with Gasteiger partial charge in [-0.15, -0.1) is 0 Å². The first-order valence-electron chi connectivity index (χ1n) is 7.90. The predicted molar refractivity (Wildman–Crippen MR) is 85.2 cm³/mol. The second-order valence-electron chi connectivity index (χ2n) is 5.95. The second kappa shape index (κ2) is 7.08. The van der Waals surface area contributed by atoms with Crippen LogP contribution in [-0.4, -0.2) is 34.7 Å². The van der Waals surface area contributed by atoms with Gasteiger partial charge >= 0.3 is 0 Å². The number of benzene rings is 1. The number of hydrogen-bond donors (Lipinski definition) is 1. The van der Waals surface area contributed by atoms with E-state index >= 15 is 0 Å². The molecule has 1 aromatic carbocycles. The molecular formula is C17H25ClFNO. The van der Waals surface area contributed by atoms with E-state index in [9.17, 15) is 9.50 Å². The largest absolute Gasteiger partial charge is 0.391 e. The normalized spacial score (nSPS) is 19.1. The van der Waals surface area contributed by atoms with Crippen LogP contribution in [0.2, 0.25) is 5.02 Å². The zero-order chi connectivity index (χ0) is 15.5. The third kappa shape index (κ3) is 3.41. The van der Waals surface area contributed by atoms with Gasteiger partial charge < -0.3 is 5.11 Å². The number of rotatable bonds is 6. The topological polar surface area (TPSA) is 23.5 Å². The van der Waals surface area contributed by atoms with Gasteiger partial charge in [-0.2, -0.15) is 0 Å². The van der Waals surface area contributed by atoms with Crippen LogP contribution in [0.3, 0.4) is 0 Å². The zero-order valence-electron chi connectivity index (χ0n) is 12.9. The Hall–Kier alpha value is -0.640. The molecule has 0 spiro atoms. The van der Waals surface area contributed by atoms with Crippen molar-refractivity contribution < 1.29 is 9.50 Å². The molecule has 1 aromatic rings. The molecule has 1 aliphatic carbocycles. The maximum atomic E-state index is 13.6. The van der Waals surface area contributed by atoms with Gasteiger partial charge in [-0.25, -0.2) is 4.39 Å². The summed E-state index contributed by atoms with van der Waals surface area (Å²) in [5.74, 6) is -0.412. The first kappa shape index (κ1) is 16.7. The number of likely N-dealkylation sites (N-methyl/N-ethyl adjacent to an activating group) is 1. The van der Waals surface area contributed by atoms with Crippen molar-refractivity contribution in [3.8, 4) is 0 Å². The molecule has 2 rings (SSSR count). The molecule has 0 saturated heterocycles. The Bertz CT molecular complexity index is 470. The van der Waals surface area contributed by atoms with Crippen molar-refractivity contribution in [2.45, 2.75) is 57.6 Å². The fraction of sp³-hybridized carbons (Fsp3) is 0.647. The molecule has 0 heterocycles. The third-order valence-corrected chi connectivity index (χ3v) is 5.20. The van der Waals surface area contributed by atoms with Crippen molar-refractivity contribution in [2.75, 3.05) is 13.1 Å². The molecule has 21 heavy (non-hydrogen) atoms. The lowest BCUT2D eigenvalue weighted by Crippen LogP contribution is -2.55. The van der Waals surface area contributed by atoms with Crippen molar-refractivity contribution >= 4 is 11.6 Å². The summed E-state index contributed by atoms with van der Waals surface area (Å²) >= 11 is 5.72. The molecule has 2 nitrogen and oxygen atoms in total. The lowest BCUT2D eigenvalue weighted by atomic mass is 9.84. The van der Waals surface area contributed by atoms with Gasteiger partial charge in [-0.05, 0) is 43.6 Å². The molecule has 1 atom stereocenters. The van der Waals surface area contributed by atoms with Crippen LogP contribution in [0.5, 0.6) is 0 Å². The van der Waals surface area contributed by atoms with Gasteiger partial charge in [0.2, 0.25) is 0 Å². The van der Waals surface area contributed by atoms with Gasteiger partial charge in [0.05, 0.1) is 11.1 Å². The maximum Gasteiger partial charge on any atom is 0.142 e. The van der Waals surface area contributed by atoms with Crippen molar-refractivity contribution in [3.05, 3.63) is 34.6 Å². The van der Waals surface area contributed by atoms with Crippen LogP contribution in [0.25, 0.3) is 0 Å². The maximum absolute atomic E-state index is 13.6. The molecule has 1 aliphatic rings. The minimum atomic E-state index is -0.472. The van der Waals surface area contributed by atoms with Crippen LogP contribution >= 0.6 is 11.6 Å². The Balaban J connectivity index is 2.18. The van der Waals surface area contributed by atoms with Crippen molar-refractivity contribution in [3.63, 3.8) is 0 Å². The molecule has 0 aromatic heterocycles. The minimum absolute atomic E-state index is 0.132. The van der Waals surface area contributed by atoms with Gasteiger partial charge in [0.15, 0.2) is 0 Å². The Morgan fingerprint density at radius 2 is 1.90 bits per heavy atom. The number of aliphatic hydroxyl groups is 1. The van der Waals surface area contributed by atoms with Gasteiger partial charge in [0, 0.05) is 12.0 Å². The average molecular weight is 314 g/mol. The summed E-state index contributed by atoms with van der Waals surface area (Å²) in [6.45, 7) is 6.14. The highest BCUT2D eigenvalue weighted by Crippen LogP contribution is 2.39. The predicted octanol–water partition coefficient (Wildman–Crippen LogP) is 4.04. The lowest BCUT2D eigenvalue weighted by Gasteiger charge is -2.44. The molecule has 0 aliphatic heterocycles. The van der Waals surface area contributed by atoms with Crippen LogP contribution in [0.1, 0.15) is 45.1 Å². The Labute approximate surface area is 131 Å². The molecule has 0 bridgehead atoms. The van der Waals surface area contributed by atoms with Crippen LogP contribution < -0.4 is 0 Å². The van der Waals surface area contributed by atoms with Gasteiger partial charge in [-0.3, -0.25) is 4.90 Å². The van der Waals surface area contributed by atoms with E-state index < -0.39 is 11.9 Å². The zero-order valence-corrected chi connectivity index (χ0v) is 13.7. The van der Waals surface area contributed by atoms with Crippen molar-refractivity contribution in [1.82, 2.24) is 4.90 Å². The number of hydrogen-bond acceptors (Lipinski definition) is 2. The highest BCUT2D eigenvalue weighted by molar-refractivity contribution is 6.30. The van der Waals surface area contributed by atoms with Gasteiger partial charge in [0.25, 0.3) is 0 Å². The summed E-state index contributed by atoms with van der Waals surface area (Å²) in [5.41, 5.74) is 0.655. The molecule has 1 N–H and O–H groups in total. The number of aliphatic hydroxyl groups excluding tert-OH is 1. The monoisotopic (exact) mass is 313 g/mol. The van der Waals surface area contributed by atoms with Crippen molar-refractivity contribution in [1.29, 1.82) is 0 Å². The van der Waals surface area contributed by atoms with Gasteiger partial charge in [0.1, 0.15) is 5.82 Å². The molecule has 0 amide bonds. The second-order valence-corrected chi connectivity index (χ2v) is 6.36. The fourth-order valence-corrected chi connectivity index (χ4v) is 3.90. The molecule has 118 valence electrons. The van der Waals surface area contributed by atoms with E-state index in [2.05, 4.69) is 18.7 Å². The SMILES string of the molecule is CCN(CC)C1(C(O)Cc2ccc(Cl)c(F)c2)CCCC1. The van der Waals surface area contributed by atoms with E-state index in [4.69, 9.17) is 11.6 Å². The summed E-state index contributed by atoms with van der Waals surface area (Å²) in [5, 5.41) is 11.0. The Morgan fingerprint density at radius 1 is 1.29 bits per heavy atom. The highest BCUT2D eigenvalue weighted by Gasteiger charge is 2.44. The van der Waals surface area contributed by atoms with E-state index in [1.165, 1.54) is 6.07 Å². The molecular weight excluding hydrogens is 289 g/mol. The van der Waals surface area contributed by atoms with E-state index in [1.807, 2.05) is 0 Å². The Kier molecular flexibility index (Phi) is 5.64. The van der Waals surface area contributed by atoms with Crippen LogP contribution in [0.15, 0.2) is 18.2 Å². The van der Waals surface area contributed by atoms with E-state index in [-0.39, 0.29) is 10.6 Å². The lowest BCUT2D eigenvalue weighted by molar-refractivity contribution is -0.0244. The van der Waals surface area contributed by atoms with E-state index in [1.54, 1.807) is 12.1 Å². The summed E-state index contributed by atoms with van der Waals surface area (Å²) in [7, 11) is 0. The van der Waals surface area contributed by atoms with E-state index in [0.717, 1.165) is 44.3 Å². The molecule has 4 heteroatoms. The third-order valence-electron chi connectivity index (χ3n) is 4.90. The Morgan fingerprint density at radius 3 is 2.43 bits per heavy atom. The van der Waals surface area contributed by atoms with Crippen LogP contribution in [0, 0.1) is 5.82 Å². The number of halogens is 2. The first-order chi connectivity index (χ1) is 10.0. The van der Waals surface area contributed by atoms with E-state index in [0.29, 0.717) is 6.42 Å². The molecule has 1 saturated carbocycles. The van der Waals surface area contributed by atoms with Gasteiger partial charge in [-0.1, -0.05) is 44.4 Å². The summed E-state index contributed by atoms with van der Waals surface area (Å²) in [4.78, 5) is 2.37. The highest BCUT2D eigenvalue weighted by atomic mass is 35.5. The molecule has 1 unspecified atom stereocenters. The smallest absolute Gasteiger partial charge is 0.142 e. The first-order valence-corrected chi connectivity index (χ1v) is 8.28. The average Bonchev–Trinajstić information content (AvgIpc) is 2.95. The standard InChI is InChI=1S/C17H25ClFNO/c1-3-20(4-2)17(9-5-6-10-17)16(21)12-13-7-8-14(18)15(19)11-13/h7-8,11,16,21H,3-6,9-10,12H2,1-2H3. The summed E-state index contributed by atoms with van der Waals surface area (Å²) in [6, 6.07) is 4.81.